The highest BCUT2D eigenvalue weighted by atomic mass is 16.5. The number of benzene rings is 1. The molecule has 2 atom stereocenters. The Bertz CT molecular complexity index is 400. The van der Waals surface area contributed by atoms with Crippen molar-refractivity contribution in [1.29, 1.82) is 0 Å². The van der Waals surface area contributed by atoms with Crippen LogP contribution in [0.1, 0.15) is 65.9 Å². The third-order valence-electron chi connectivity index (χ3n) is 4.14. The van der Waals surface area contributed by atoms with Crippen LogP contribution in [-0.2, 0) is 0 Å². The summed E-state index contributed by atoms with van der Waals surface area (Å²) < 4.78 is 6.15. The number of hydrogen-bond donors (Lipinski definition) is 1. The van der Waals surface area contributed by atoms with E-state index < -0.39 is 0 Å². The topological polar surface area (TPSA) is 21.3 Å². The summed E-state index contributed by atoms with van der Waals surface area (Å²) in [5.41, 5.74) is 1.49. The third-order valence-corrected chi connectivity index (χ3v) is 4.14. The molecule has 1 N–H and O–H groups in total. The number of ether oxygens (including phenoxy) is 1. The molecule has 114 valence electrons. The summed E-state index contributed by atoms with van der Waals surface area (Å²) in [6.07, 6.45) is 2.42. The first-order valence-electron chi connectivity index (χ1n) is 7.90. The van der Waals surface area contributed by atoms with Crippen LogP contribution in [-0.4, -0.2) is 18.2 Å². The van der Waals surface area contributed by atoms with Crippen LogP contribution >= 0.6 is 0 Å². The minimum Gasteiger partial charge on any atom is -0.489 e. The fraction of sp³-hybridized carbons (Fsp3) is 0.667. The van der Waals surface area contributed by atoms with Crippen molar-refractivity contribution in [2.24, 2.45) is 0 Å². The zero-order valence-corrected chi connectivity index (χ0v) is 14.0. The lowest BCUT2D eigenvalue weighted by atomic mass is 9.98. The van der Waals surface area contributed by atoms with E-state index in [0.29, 0.717) is 5.92 Å². The zero-order chi connectivity index (χ0) is 15.2. The fourth-order valence-electron chi connectivity index (χ4n) is 2.02. The molecular formula is C18H31NO. The lowest BCUT2D eigenvalue weighted by molar-refractivity contribution is 0.196. The van der Waals surface area contributed by atoms with Crippen LogP contribution in [0.25, 0.3) is 0 Å². The van der Waals surface area contributed by atoms with Crippen molar-refractivity contribution in [2.75, 3.05) is 6.54 Å². The van der Waals surface area contributed by atoms with Crippen LogP contribution in [0, 0.1) is 0 Å². The summed E-state index contributed by atoms with van der Waals surface area (Å²) in [5, 5.41) is 3.57. The predicted octanol–water partition coefficient (Wildman–Crippen LogP) is 4.75. The molecule has 1 aromatic rings. The molecule has 0 fully saturated rings. The van der Waals surface area contributed by atoms with Gasteiger partial charge in [0.05, 0.1) is 0 Å². The summed E-state index contributed by atoms with van der Waals surface area (Å²) in [6.45, 7) is 14.1. The highest BCUT2D eigenvalue weighted by Crippen LogP contribution is 2.29. The van der Waals surface area contributed by atoms with E-state index >= 15 is 0 Å². The van der Waals surface area contributed by atoms with Gasteiger partial charge in [-0.25, -0.2) is 0 Å². The van der Waals surface area contributed by atoms with Gasteiger partial charge < -0.3 is 10.1 Å². The first-order valence-corrected chi connectivity index (χ1v) is 7.90. The minimum atomic E-state index is 0.172. The van der Waals surface area contributed by atoms with E-state index in [1.54, 1.807) is 0 Å². The first-order chi connectivity index (χ1) is 9.39. The largest absolute Gasteiger partial charge is 0.489 e. The van der Waals surface area contributed by atoms with Crippen LogP contribution in [0.15, 0.2) is 24.3 Å². The van der Waals surface area contributed by atoms with E-state index in [0.717, 1.165) is 25.1 Å². The number of nitrogens with one attached hydrogen (secondary N) is 1. The van der Waals surface area contributed by atoms with Crippen molar-refractivity contribution in [3.8, 4) is 5.75 Å². The standard InChI is InChI=1S/C18H31NO/c1-7-14(3)16-11-9-10-12-17(16)20-15(4)13-19-18(5,6)8-2/h9-12,14-15,19H,7-8,13H2,1-6H3. The molecule has 0 saturated heterocycles. The summed E-state index contributed by atoms with van der Waals surface area (Å²) >= 11 is 0. The predicted molar refractivity (Wildman–Crippen MR) is 87.6 cm³/mol. The van der Waals surface area contributed by atoms with Crippen molar-refractivity contribution in [3.63, 3.8) is 0 Å². The van der Waals surface area contributed by atoms with Gasteiger partial charge in [-0.1, -0.05) is 39.0 Å². The Kier molecular flexibility index (Phi) is 6.54. The molecule has 0 spiro atoms. The monoisotopic (exact) mass is 277 g/mol. The highest BCUT2D eigenvalue weighted by Gasteiger charge is 2.17. The van der Waals surface area contributed by atoms with Gasteiger partial charge in [-0.3, -0.25) is 0 Å². The second-order valence-corrected chi connectivity index (χ2v) is 6.39. The Morgan fingerprint density at radius 2 is 1.80 bits per heavy atom. The average molecular weight is 277 g/mol. The second kappa shape index (κ2) is 7.68. The second-order valence-electron chi connectivity index (χ2n) is 6.39. The van der Waals surface area contributed by atoms with Gasteiger partial charge in [0, 0.05) is 12.1 Å². The Balaban J connectivity index is 2.64. The van der Waals surface area contributed by atoms with Gasteiger partial charge >= 0.3 is 0 Å². The van der Waals surface area contributed by atoms with Crippen LogP contribution in [0.3, 0.4) is 0 Å². The Morgan fingerprint density at radius 3 is 2.40 bits per heavy atom. The lowest BCUT2D eigenvalue weighted by Crippen LogP contribution is -2.43. The molecule has 1 aromatic carbocycles. The molecule has 2 nitrogen and oxygen atoms in total. The lowest BCUT2D eigenvalue weighted by Gasteiger charge is -2.27. The molecule has 2 unspecified atom stereocenters. The highest BCUT2D eigenvalue weighted by molar-refractivity contribution is 5.36. The van der Waals surface area contributed by atoms with E-state index in [2.05, 4.69) is 71.1 Å². The van der Waals surface area contributed by atoms with Crippen molar-refractivity contribution in [3.05, 3.63) is 29.8 Å². The molecule has 0 aliphatic heterocycles. The number of rotatable bonds is 8. The fourth-order valence-corrected chi connectivity index (χ4v) is 2.02. The number of hydrogen-bond acceptors (Lipinski definition) is 2. The van der Waals surface area contributed by atoms with Crippen molar-refractivity contribution in [1.82, 2.24) is 5.32 Å². The van der Waals surface area contributed by atoms with Crippen LogP contribution in [0.2, 0.25) is 0 Å². The van der Waals surface area contributed by atoms with Crippen LogP contribution < -0.4 is 10.1 Å². The minimum absolute atomic E-state index is 0.172. The smallest absolute Gasteiger partial charge is 0.123 e. The van der Waals surface area contributed by atoms with Crippen molar-refractivity contribution < 1.29 is 4.74 Å². The van der Waals surface area contributed by atoms with E-state index in [1.165, 1.54) is 5.56 Å². The molecule has 2 heteroatoms. The van der Waals surface area contributed by atoms with Gasteiger partial charge in [-0.15, -0.1) is 0 Å². The molecule has 0 aromatic heterocycles. The van der Waals surface area contributed by atoms with Gasteiger partial charge in [-0.2, -0.15) is 0 Å². The molecule has 20 heavy (non-hydrogen) atoms. The molecule has 0 bridgehead atoms. The summed E-state index contributed by atoms with van der Waals surface area (Å²) in [7, 11) is 0. The van der Waals surface area contributed by atoms with E-state index in [1.807, 2.05) is 0 Å². The summed E-state index contributed by atoms with van der Waals surface area (Å²) in [5.74, 6) is 1.57. The Labute approximate surface area is 124 Å². The molecule has 0 amide bonds. The first kappa shape index (κ1) is 17.0. The van der Waals surface area contributed by atoms with Gasteiger partial charge in [0.25, 0.3) is 0 Å². The average Bonchev–Trinajstić information content (AvgIpc) is 2.45. The summed E-state index contributed by atoms with van der Waals surface area (Å²) in [4.78, 5) is 0. The van der Waals surface area contributed by atoms with Crippen LogP contribution in [0.5, 0.6) is 5.75 Å². The summed E-state index contributed by atoms with van der Waals surface area (Å²) in [6, 6.07) is 8.41. The maximum Gasteiger partial charge on any atom is 0.123 e. The molecule has 0 saturated carbocycles. The molecule has 1 rings (SSSR count). The van der Waals surface area contributed by atoms with Gasteiger partial charge in [-0.05, 0) is 51.2 Å². The molecule has 0 heterocycles. The maximum absolute atomic E-state index is 6.15. The van der Waals surface area contributed by atoms with Crippen molar-refractivity contribution >= 4 is 0 Å². The van der Waals surface area contributed by atoms with E-state index in [9.17, 15) is 0 Å². The molecule has 0 aliphatic carbocycles. The van der Waals surface area contributed by atoms with E-state index in [-0.39, 0.29) is 11.6 Å². The van der Waals surface area contributed by atoms with Gasteiger partial charge in [0.2, 0.25) is 0 Å². The van der Waals surface area contributed by atoms with Gasteiger partial charge in [0.1, 0.15) is 11.9 Å². The maximum atomic E-state index is 6.15. The molecular weight excluding hydrogens is 246 g/mol. The molecule has 0 aliphatic rings. The number of para-hydroxylation sites is 1. The van der Waals surface area contributed by atoms with Crippen LogP contribution in [0.4, 0.5) is 0 Å². The van der Waals surface area contributed by atoms with E-state index in [4.69, 9.17) is 4.74 Å². The van der Waals surface area contributed by atoms with Gasteiger partial charge in [0.15, 0.2) is 0 Å². The molecule has 0 radical (unpaired) electrons. The quantitative estimate of drug-likeness (QED) is 0.740. The zero-order valence-electron chi connectivity index (χ0n) is 14.0. The SMILES string of the molecule is CCC(C)c1ccccc1OC(C)CNC(C)(C)CC. The third kappa shape index (κ3) is 5.16. The normalized spacial score (nSPS) is 14.9. The van der Waals surface area contributed by atoms with Crippen molar-refractivity contribution in [2.45, 2.75) is 71.9 Å². The Hall–Kier alpha value is -1.02. The Morgan fingerprint density at radius 1 is 1.15 bits per heavy atom.